The van der Waals surface area contributed by atoms with Crippen molar-refractivity contribution >= 4 is 11.3 Å². The van der Waals surface area contributed by atoms with Crippen molar-refractivity contribution in [2.45, 2.75) is 32.4 Å². The zero-order valence-electron chi connectivity index (χ0n) is 8.84. The molecule has 1 aliphatic heterocycles. The molecule has 0 spiro atoms. The fraction of sp³-hybridized carbons (Fsp3) is 0.636. The highest BCUT2D eigenvalue weighted by Gasteiger charge is 2.20. The van der Waals surface area contributed by atoms with E-state index in [1.54, 1.807) is 5.56 Å². The molecule has 0 aromatic carbocycles. The van der Waals surface area contributed by atoms with Crippen molar-refractivity contribution in [2.24, 2.45) is 0 Å². The van der Waals surface area contributed by atoms with Gasteiger partial charge in [-0.25, -0.2) is 0 Å². The highest BCUT2D eigenvalue weighted by Crippen LogP contribution is 2.27. The van der Waals surface area contributed by atoms with E-state index in [4.69, 9.17) is 0 Å². The first-order chi connectivity index (χ1) is 6.77. The van der Waals surface area contributed by atoms with E-state index in [1.807, 2.05) is 11.3 Å². The molecule has 1 aromatic rings. The smallest absolute Gasteiger partial charge is 0.0544 e. The quantitative estimate of drug-likeness (QED) is 0.796. The van der Waals surface area contributed by atoms with Gasteiger partial charge < -0.3 is 10.6 Å². The van der Waals surface area contributed by atoms with Crippen LogP contribution in [0.3, 0.4) is 0 Å². The second-order valence-corrected chi connectivity index (χ2v) is 5.08. The molecule has 2 nitrogen and oxygen atoms in total. The Bertz CT molecular complexity index is 293. The van der Waals surface area contributed by atoms with Crippen LogP contribution < -0.4 is 10.6 Å². The fourth-order valence-corrected chi connectivity index (χ4v) is 2.88. The first-order valence-electron chi connectivity index (χ1n) is 5.30. The summed E-state index contributed by atoms with van der Waals surface area (Å²) in [6, 6.07) is 3.37. The van der Waals surface area contributed by atoms with Crippen molar-refractivity contribution < 1.29 is 0 Å². The van der Waals surface area contributed by atoms with Crippen molar-refractivity contribution in [2.75, 3.05) is 13.1 Å². The minimum absolute atomic E-state index is 0.529. The summed E-state index contributed by atoms with van der Waals surface area (Å²) in [6.45, 7) is 6.55. The molecule has 0 radical (unpaired) electrons. The zero-order valence-corrected chi connectivity index (χ0v) is 9.66. The minimum atomic E-state index is 0.529. The molecule has 2 heterocycles. The van der Waals surface area contributed by atoms with Gasteiger partial charge in [0.1, 0.15) is 0 Å². The van der Waals surface area contributed by atoms with Crippen molar-refractivity contribution in [3.63, 3.8) is 0 Å². The summed E-state index contributed by atoms with van der Waals surface area (Å²) in [5.41, 5.74) is 1.55. The van der Waals surface area contributed by atoms with Crippen LogP contribution in [0.25, 0.3) is 0 Å². The molecular weight excluding hydrogens is 192 g/mol. The van der Waals surface area contributed by atoms with E-state index < -0.39 is 0 Å². The fourth-order valence-electron chi connectivity index (χ4n) is 1.85. The lowest BCUT2D eigenvalue weighted by molar-refractivity contribution is 0.453. The van der Waals surface area contributed by atoms with Crippen molar-refractivity contribution in [3.8, 4) is 0 Å². The van der Waals surface area contributed by atoms with Gasteiger partial charge in [0.25, 0.3) is 0 Å². The van der Waals surface area contributed by atoms with Gasteiger partial charge in [-0.15, -0.1) is 11.3 Å². The average molecular weight is 210 g/mol. The first kappa shape index (κ1) is 10.1. The maximum absolute atomic E-state index is 3.56. The van der Waals surface area contributed by atoms with E-state index in [0.29, 0.717) is 12.1 Å². The van der Waals surface area contributed by atoms with E-state index >= 15 is 0 Å². The molecule has 2 rings (SSSR count). The number of rotatable bonds is 3. The second kappa shape index (κ2) is 4.43. The lowest BCUT2D eigenvalue weighted by atomic mass is 10.0. The van der Waals surface area contributed by atoms with E-state index in [1.165, 1.54) is 11.3 Å². The van der Waals surface area contributed by atoms with Gasteiger partial charge in [-0.05, 0) is 30.0 Å². The summed E-state index contributed by atoms with van der Waals surface area (Å²) in [7, 11) is 0. The third-order valence-corrected chi connectivity index (χ3v) is 3.69. The Morgan fingerprint density at radius 3 is 3.29 bits per heavy atom. The molecule has 3 heteroatoms. The molecule has 2 N–H and O–H groups in total. The van der Waals surface area contributed by atoms with Crippen LogP contribution in [0.15, 0.2) is 11.4 Å². The Kier molecular flexibility index (Phi) is 3.21. The molecule has 0 amide bonds. The molecule has 14 heavy (non-hydrogen) atoms. The summed E-state index contributed by atoms with van der Waals surface area (Å²) < 4.78 is 0. The lowest BCUT2D eigenvalue weighted by Gasteiger charge is -2.25. The van der Waals surface area contributed by atoms with Crippen molar-refractivity contribution in [1.82, 2.24) is 10.6 Å². The number of hydrogen-bond donors (Lipinski definition) is 2. The maximum Gasteiger partial charge on any atom is 0.0544 e. The molecule has 1 atom stereocenters. The number of fused-ring (bicyclic) bond motifs is 1. The molecule has 0 aliphatic carbocycles. The number of thiophene rings is 1. The van der Waals surface area contributed by atoms with E-state index in [0.717, 1.165) is 13.1 Å². The van der Waals surface area contributed by atoms with E-state index in [9.17, 15) is 0 Å². The largest absolute Gasteiger partial charge is 0.313 e. The highest BCUT2D eigenvalue weighted by molar-refractivity contribution is 7.10. The molecule has 0 saturated carbocycles. The SMILES string of the molecule is CC(C)NC[C@H]1NCCc2ccsc21. The Labute approximate surface area is 89.7 Å². The van der Waals surface area contributed by atoms with Crippen LogP contribution in [-0.4, -0.2) is 19.1 Å². The lowest BCUT2D eigenvalue weighted by Crippen LogP contribution is -2.38. The van der Waals surface area contributed by atoms with Crippen LogP contribution in [0.2, 0.25) is 0 Å². The van der Waals surface area contributed by atoms with Crippen molar-refractivity contribution in [1.29, 1.82) is 0 Å². The van der Waals surface area contributed by atoms with Gasteiger partial charge in [-0.3, -0.25) is 0 Å². The van der Waals surface area contributed by atoms with Gasteiger partial charge in [-0.1, -0.05) is 13.8 Å². The van der Waals surface area contributed by atoms with Crippen molar-refractivity contribution in [3.05, 3.63) is 21.9 Å². The number of hydrogen-bond acceptors (Lipinski definition) is 3. The average Bonchev–Trinajstić information content (AvgIpc) is 2.62. The monoisotopic (exact) mass is 210 g/mol. The summed E-state index contributed by atoms with van der Waals surface area (Å²) in [5, 5.41) is 9.26. The van der Waals surface area contributed by atoms with Crippen LogP contribution in [0.1, 0.15) is 30.3 Å². The molecule has 1 aromatic heterocycles. The normalized spacial score (nSPS) is 21.2. The predicted molar refractivity (Wildman–Crippen MR) is 61.9 cm³/mol. The van der Waals surface area contributed by atoms with E-state index in [-0.39, 0.29) is 0 Å². The molecule has 0 fully saturated rings. The Morgan fingerprint density at radius 2 is 2.50 bits per heavy atom. The summed E-state index contributed by atoms with van der Waals surface area (Å²) in [5.74, 6) is 0. The Hall–Kier alpha value is -0.380. The van der Waals surface area contributed by atoms with Gasteiger partial charge in [0, 0.05) is 17.5 Å². The van der Waals surface area contributed by atoms with Gasteiger partial charge in [0.05, 0.1) is 6.04 Å². The second-order valence-electron chi connectivity index (χ2n) is 4.13. The molecule has 0 saturated heterocycles. The Morgan fingerprint density at radius 1 is 1.64 bits per heavy atom. The zero-order chi connectivity index (χ0) is 9.97. The van der Waals surface area contributed by atoms with Crippen LogP contribution in [0, 0.1) is 0 Å². The summed E-state index contributed by atoms with van der Waals surface area (Å²) in [6.07, 6.45) is 1.19. The van der Waals surface area contributed by atoms with Gasteiger partial charge in [0.15, 0.2) is 0 Å². The van der Waals surface area contributed by atoms with Gasteiger partial charge >= 0.3 is 0 Å². The Balaban J connectivity index is 2.01. The molecule has 1 aliphatic rings. The molecule has 0 unspecified atom stereocenters. The summed E-state index contributed by atoms with van der Waals surface area (Å²) in [4.78, 5) is 1.53. The maximum atomic E-state index is 3.56. The minimum Gasteiger partial charge on any atom is -0.313 e. The van der Waals surface area contributed by atoms with E-state index in [2.05, 4.69) is 35.9 Å². The molecule has 78 valence electrons. The van der Waals surface area contributed by atoms with Crippen LogP contribution in [-0.2, 0) is 6.42 Å². The van der Waals surface area contributed by atoms with Crippen LogP contribution in [0.4, 0.5) is 0 Å². The topological polar surface area (TPSA) is 24.1 Å². The third-order valence-electron chi connectivity index (χ3n) is 2.61. The highest BCUT2D eigenvalue weighted by atomic mass is 32.1. The number of nitrogens with one attached hydrogen (secondary N) is 2. The predicted octanol–water partition coefficient (Wildman–Crippen LogP) is 1.93. The molecular formula is C11H18N2S. The third kappa shape index (κ3) is 2.16. The molecule has 0 bridgehead atoms. The van der Waals surface area contributed by atoms with Crippen LogP contribution >= 0.6 is 11.3 Å². The van der Waals surface area contributed by atoms with Gasteiger partial charge in [0.2, 0.25) is 0 Å². The van der Waals surface area contributed by atoms with Gasteiger partial charge in [-0.2, -0.15) is 0 Å². The first-order valence-corrected chi connectivity index (χ1v) is 6.18. The van der Waals surface area contributed by atoms with Crippen LogP contribution in [0.5, 0.6) is 0 Å². The summed E-state index contributed by atoms with van der Waals surface area (Å²) >= 11 is 1.88. The standard InChI is InChI=1S/C11H18N2S/c1-8(2)13-7-10-11-9(3-5-12-10)4-6-14-11/h4,6,8,10,12-13H,3,5,7H2,1-2H3/t10-/m1/s1.